The minimum Gasteiger partial charge on any atom is -0.376 e. The monoisotopic (exact) mass is 316 g/mol. The Morgan fingerprint density at radius 3 is 2.70 bits per heavy atom. The minimum atomic E-state index is -0.894. The van der Waals surface area contributed by atoms with Gasteiger partial charge in [-0.05, 0) is 56.7 Å². The van der Waals surface area contributed by atoms with Gasteiger partial charge in [-0.25, -0.2) is 0 Å². The second-order valence-corrected chi connectivity index (χ2v) is 6.70. The molecule has 1 heterocycles. The topological polar surface area (TPSA) is 67.4 Å². The molecule has 2 fully saturated rings. The van der Waals surface area contributed by atoms with E-state index in [1.54, 1.807) is 0 Å². The van der Waals surface area contributed by atoms with Gasteiger partial charge >= 0.3 is 0 Å². The summed E-state index contributed by atoms with van der Waals surface area (Å²) in [5.74, 6) is -0.369. The molecular weight excluding hydrogens is 292 g/mol. The molecule has 2 N–H and O–H groups in total. The van der Waals surface area contributed by atoms with Gasteiger partial charge < -0.3 is 15.4 Å². The molecule has 5 heteroatoms. The van der Waals surface area contributed by atoms with Gasteiger partial charge in [-0.2, -0.15) is 0 Å². The van der Waals surface area contributed by atoms with E-state index < -0.39 is 5.41 Å². The SMILES string of the molecule is Cc1ccc(C)c(NC(=O)C2(C(=O)NCC3CCCO3)CC2)c1. The van der Waals surface area contributed by atoms with E-state index in [2.05, 4.69) is 10.6 Å². The number of ether oxygens (including phenoxy) is 1. The van der Waals surface area contributed by atoms with Crippen LogP contribution >= 0.6 is 0 Å². The number of anilines is 1. The summed E-state index contributed by atoms with van der Waals surface area (Å²) in [6, 6.07) is 5.92. The Morgan fingerprint density at radius 1 is 1.26 bits per heavy atom. The molecule has 1 saturated heterocycles. The first kappa shape index (κ1) is 16.0. The van der Waals surface area contributed by atoms with Crippen molar-refractivity contribution in [2.75, 3.05) is 18.5 Å². The summed E-state index contributed by atoms with van der Waals surface area (Å²) in [4.78, 5) is 25.0. The first-order valence-corrected chi connectivity index (χ1v) is 8.30. The molecule has 3 rings (SSSR count). The van der Waals surface area contributed by atoms with E-state index in [0.717, 1.165) is 36.3 Å². The molecular formula is C18H24N2O3. The van der Waals surface area contributed by atoms with Crippen LogP contribution in [0.3, 0.4) is 0 Å². The summed E-state index contributed by atoms with van der Waals surface area (Å²) in [7, 11) is 0. The third-order valence-corrected chi connectivity index (χ3v) is 4.77. The Labute approximate surface area is 136 Å². The highest BCUT2D eigenvalue weighted by Gasteiger charge is 2.56. The van der Waals surface area contributed by atoms with Crippen LogP contribution in [0.2, 0.25) is 0 Å². The van der Waals surface area contributed by atoms with E-state index in [-0.39, 0.29) is 17.9 Å². The third kappa shape index (κ3) is 3.39. The van der Waals surface area contributed by atoms with Crippen molar-refractivity contribution in [1.29, 1.82) is 0 Å². The van der Waals surface area contributed by atoms with Crippen molar-refractivity contribution in [3.8, 4) is 0 Å². The molecule has 1 aliphatic heterocycles. The van der Waals surface area contributed by atoms with Gasteiger partial charge in [0.15, 0.2) is 0 Å². The van der Waals surface area contributed by atoms with E-state index in [4.69, 9.17) is 4.74 Å². The van der Waals surface area contributed by atoms with Gasteiger partial charge in [0.2, 0.25) is 11.8 Å². The van der Waals surface area contributed by atoms with Crippen LogP contribution in [-0.2, 0) is 14.3 Å². The lowest BCUT2D eigenvalue weighted by Gasteiger charge is -2.18. The first-order chi connectivity index (χ1) is 11.0. The van der Waals surface area contributed by atoms with Crippen LogP contribution in [0.4, 0.5) is 5.69 Å². The fourth-order valence-electron chi connectivity index (χ4n) is 2.98. The van der Waals surface area contributed by atoms with E-state index in [9.17, 15) is 9.59 Å². The summed E-state index contributed by atoms with van der Waals surface area (Å²) < 4.78 is 5.51. The van der Waals surface area contributed by atoms with E-state index >= 15 is 0 Å². The summed E-state index contributed by atoms with van der Waals surface area (Å²) in [5, 5.41) is 5.83. The average Bonchev–Trinajstić information content (AvgIpc) is 3.18. The number of benzene rings is 1. The van der Waals surface area contributed by atoms with Gasteiger partial charge in [0.25, 0.3) is 0 Å². The van der Waals surface area contributed by atoms with E-state index in [1.807, 2.05) is 32.0 Å². The van der Waals surface area contributed by atoms with Gasteiger partial charge in [-0.15, -0.1) is 0 Å². The number of carbonyl (C=O) groups is 2. The Morgan fingerprint density at radius 2 is 2.04 bits per heavy atom. The van der Waals surface area contributed by atoms with Crippen LogP contribution in [0.1, 0.15) is 36.8 Å². The van der Waals surface area contributed by atoms with E-state index in [1.165, 1.54) is 0 Å². The van der Waals surface area contributed by atoms with Crippen LogP contribution in [0, 0.1) is 19.3 Å². The third-order valence-electron chi connectivity index (χ3n) is 4.77. The maximum absolute atomic E-state index is 12.6. The maximum Gasteiger partial charge on any atom is 0.240 e. The Bertz CT molecular complexity index is 617. The predicted molar refractivity (Wildman–Crippen MR) is 88.2 cm³/mol. The highest BCUT2D eigenvalue weighted by molar-refractivity contribution is 6.13. The van der Waals surface area contributed by atoms with Crippen molar-refractivity contribution >= 4 is 17.5 Å². The highest BCUT2D eigenvalue weighted by atomic mass is 16.5. The van der Waals surface area contributed by atoms with Crippen molar-refractivity contribution in [2.24, 2.45) is 5.41 Å². The van der Waals surface area contributed by atoms with Gasteiger partial charge in [0, 0.05) is 18.8 Å². The molecule has 5 nitrogen and oxygen atoms in total. The fourth-order valence-corrected chi connectivity index (χ4v) is 2.98. The predicted octanol–water partition coefficient (Wildman–Crippen LogP) is 2.32. The lowest BCUT2D eigenvalue weighted by atomic mass is 10.0. The van der Waals surface area contributed by atoms with Crippen LogP contribution in [0.25, 0.3) is 0 Å². The maximum atomic E-state index is 12.6. The molecule has 124 valence electrons. The van der Waals surface area contributed by atoms with Crippen molar-refractivity contribution in [3.63, 3.8) is 0 Å². The van der Waals surface area contributed by atoms with E-state index in [0.29, 0.717) is 19.4 Å². The van der Waals surface area contributed by atoms with Crippen molar-refractivity contribution < 1.29 is 14.3 Å². The van der Waals surface area contributed by atoms with Crippen LogP contribution in [0.5, 0.6) is 0 Å². The molecule has 1 aliphatic carbocycles. The Balaban J connectivity index is 1.61. The number of hydrogen-bond donors (Lipinski definition) is 2. The van der Waals surface area contributed by atoms with Crippen molar-refractivity contribution in [2.45, 2.75) is 45.6 Å². The Hall–Kier alpha value is -1.88. The number of rotatable bonds is 5. The average molecular weight is 316 g/mol. The fraction of sp³-hybridized carbons (Fsp3) is 0.556. The van der Waals surface area contributed by atoms with Gasteiger partial charge in [-0.1, -0.05) is 12.1 Å². The summed E-state index contributed by atoms with van der Waals surface area (Å²) in [6.45, 7) is 5.19. The molecule has 23 heavy (non-hydrogen) atoms. The molecule has 0 spiro atoms. The zero-order chi connectivity index (χ0) is 16.4. The van der Waals surface area contributed by atoms with Crippen molar-refractivity contribution in [1.82, 2.24) is 5.32 Å². The number of nitrogens with one attached hydrogen (secondary N) is 2. The standard InChI is InChI=1S/C18H24N2O3/c1-12-5-6-13(2)15(10-12)20-17(22)18(7-8-18)16(21)19-11-14-4-3-9-23-14/h5-6,10,14H,3-4,7-9,11H2,1-2H3,(H,19,21)(H,20,22). The van der Waals surface area contributed by atoms with Gasteiger partial charge in [0.05, 0.1) is 6.10 Å². The molecule has 1 saturated carbocycles. The molecule has 0 aromatic heterocycles. The first-order valence-electron chi connectivity index (χ1n) is 8.30. The number of hydrogen-bond acceptors (Lipinski definition) is 3. The van der Waals surface area contributed by atoms with Gasteiger partial charge in [-0.3, -0.25) is 9.59 Å². The molecule has 1 unspecified atom stereocenters. The highest BCUT2D eigenvalue weighted by Crippen LogP contribution is 2.47. The van der Waals surface area contributed by atoms with Crippen LogP contribution < -0.4 is 10.6 Å². The minimum absolute atomic E-state index is 0.0943. The molecule has 0 bridgehead atoms. The van der Waals surface area contributed by atoms with Gasteiger partial charge in [0.1, 0.15) is 5.41 Å². The number of carbonyl (C=O) groups excluding carboxylic acids is 2. The lowest BCUT2D eigenvalue weighted by Crippen LogP contribution is -2.42. The normalized spacial score (nSPS) is 21.7. The largest absolute Gasteiger partial charge is 0.376 e. The zero-order valence-corrected chi connectivity index (χ0v) is 13.8. The molecule has 1 atom stereocenters. The summed E-state index contributed by atoms with van der Waals surface area (Å²) in [5.41, 5.74) is 1.97. The number of aryl methyl sites for hydroxylation is 2. The lowest BCUT2D eigenvalue weighted by molar-refractivity contribution is -0.134. The molecule has 1 aromatic rings. The van der Waals surface area contributed by atoms with Crippen LogP contribution in [0.15, 0.2) is 18.2 Å². The summed E-state index contributed by atoms with van der Waals surface area (Å²) in [6.07, 6.45) is 3.33. The van der Waals surface area contributed by atoms with Crippen LogP contribution in [-0.4, -0.2) is 31.1 Å². The Kier molecular flexibility index (Phi) is 4.39. The van der Waals surface area contributed by atoms with Crippen molar-refractivity contribution in [3.05, 3.63) is 29.3 Å². The molecule has 2 aliphatic rings. The second-order valence-electron chi connectivity index (χ2n) is 6.70. The summed E-state index contributed by atoms with van der Waals surface area (Å²) >= 11 is 0. The zero-order valence-electron chi connectivity index (χ0n) is 13.8. The molecule has 1 aromatic carbocycles. The molecule has 0 radical (unpaired) electrons. The number of amides is 2. The second kappa shape index (κ2) is 6.32. The molecule has 2 amide bonds. The quantitative estimate of drug-likeness (QED) is 0.819. The smallest absolute Gasteiger partial charge is 0.240 e.